The Bertz CT molecular complexity index is 1080. The Hall–Kier alpha value is -3.20. The van der Waals surface area contributed by atoms with E-state index in [9.17, 15) is 0 Å². The average molecular weight is 407 g/mol. The van der Waals surface area contributed by atoms with Crippen molar-refractivity contribution in [3.05, 3.63) is 41.6 Å². The van der Waals surface area contributed by atoms with Crippen LogP contribution in [0.25, 0.3) is 5.69 Å². The molecule has 156 valence electrons. The number of hydrogen-bond acceptors (Lipinski definition) is 8. The van der Waals surface area contributed by atoms with Crippen LogP contribution in [0.1, 0.15) is 30.1 Å². The molecule has 9 nitrogen and oxygen atoms in total. The number of aryl methyl sites for hydroxylation is 2. The van der Waals surface area contributed by atoms with Crippen molar-refractivity contribution in [3.8, 4) is 11.4 Å². The monoisotopic (exact) mass is 407 g/mol. The first kappa shape index (κ1) is 18.8. The van der Waals surface area contributed by atoms with E-state index in [0.29, 0.717) is 18.5 Å². The molecule has 0 atom stereocenters. The summed E-state index contributed by atoms with van der Waals surface area (Å²) in [5.41, 5.74) is 2.93. The zero-order valence-corrected chi connectivity index (χ0v) is 17.4. The van der Waals surface area contributed by atoms with Crippen molar-refractivity contribution in [3.63, 3.8) is 0 Å². The molecule has 2 aromatic heterocycles. The minimum atomic E-state index is 0.355. The third-order valence-corrected chi connectivity index (χ3v) is 5.78. The van der Waals surface area contributed by atoms with Crippen molar-refractivity contribution in [2.45, 2.75) is 39.3 Å². The Morgan fingerprint density at radius 2 is 2.00 bits per heavy atom. The van der Waals surface area contributed by atoms with Gasteiger partial charge in [0, 0.05) is 24.9 Å². The van der Waals surface area contributed by atoms with Crippen LogP contribution >= 0.6 is 0 Å². The summed E-state index contributed by atoms with van der Waals surface area (Å²) in [6.07, 6.45) is 3.79. The number of benzene rings is 1. The smallest absolute Gasteiger partial charge is 0.229 e. The highest BCUT2D eigenvalue weighted by Gasteiger charge is 2.32. The van der Waals surface area contributed by atoms with Crippen LogP contribution in [0, 0.1) is 13.8 Å². The molecule has 3 aromatic rings. The first-order chi connectivity index (χ1) is 14.6. The molecular formula is C21H25N7O2. The van der Waals surface area contributed by atoms with Gasteiger partial charge in [-0.3, -0.25) is 4.57 Å². The Morgan fingerprint density at radius 1 is 1.17 bits per heavy atom. The van der Waals surface area contributed by atoms with E-state index in [1.807, 2.05) is 42.8 Å². The van der Waals surface area contributed by atoms with Gasteiger partial charge in [-0.15, -0.1) is 10.2 Å². The molecule has 0 aliphatic carbocycles. The molecule has 9 heteroatoms. The van der Waals surface area contributed by atoms with Gasteiger partial charge in [0.05, 0.1) is 19.9 Å². The van der Waals surface area contributed by atoms with Gasteiger partial charge >= 0.3 is 0 Å². The maximum atomic E-state index is 5.57. The van der Waals surface area contributed by atoms with Crippen LogP contribution in [-0.4, -0.2) is 51.1 Å². The molecule has 0 saturated carbocycles. The maximum Gasteiger partial charge on any atom is 0.229 e. The molecule has 0 spiro atoms. The third kappa shape index (κ3) is 3.24. The van der Waals surface area contributed by atoms with Gasteiger partial charge in [-0.25, -0.2) is 4.98 Å². The molecule has 0 unspecified atom stereocenters. The molecule has 1 N–H and O–H groups in total. The molecule has 0 bridgehead atoms. The Morgan fingerprint density at radius 3 is 2.77 bits per heavy atom. The number of fused-ring (bicyclic) bond motifs is 3. The predicted molar refractivity (Wildman–Crippen MR) is 113 cm³/mol. The fourth-order valence-electron chi connectivity index (χ4n) is 4.17. The minimum absolute atomic E-state index is 0.355. The van der Waals surface area contributed by atoms with Gasteiger partial charge in [0.2, 0.25) is 5.95 Å². The van der Waals surface area contributed by atoms with Crippen molar-refractivity contribution in [2.75, 3.05) is 30.5 Å². The molecule has 1 saturated heterocycles. The summed E-state index contributed by atoms with van der Waals surface area (Å²) in [6, 6.07) is 6.25. The SMILES string of the molecule is COc1ccc(Nc2ncc3c(n2)N(C2CCOCC2)Cc2nnc(C)n2-3)c(C)c1. The molecular weight excluding hydrogens is 382 g/mol. The second kappa shape index (κ2) is 7.56. The number of rotatable bonds is 4. The molecule has 2 aliphatic heterocycles. The predicted octanol–water partition coefficient (Wildman–Crippen LogP) is 2.93. The summed E-state index contributed by atoms with van der Waals surface area (Å²) >= 11 is 0. The molecule has 1 fully saturated rings. The van der Waals surface area contributed by atoms with Crippen LogP contribution in [0.5, 0.6) is 5.75 Å². The lowest BCUT2D eigenvalue weighted by molar-refractivity contribution is 0.0836. The first-order valence-corrected chi connectivity index (χ1v) is 10.2. The Labute approximate surface area is 175 Å². The van der Waals surface area contributed by atoms with Crippen LogP contribution in [0.2, 0.25) is 0 Å². The number of methoxy groups -OCH3 is 1. The molecule has 4 heterocycles. The van der Waals surface area contributed by atoms with E-state index in [1.165, 1.54) is 0 Å². The van der Waals surface area contributed by atoms with Gasteiger partial charge in [-0.1, -0.05) is 0 Å². The van der Waals surface area contributed by atoms with Gasteiger partial charge in [0.15, 0.2) is 11.6 Å². The van der Waals surface area contributed by atoms with Crippen molar-refractivity contribution < 1.29 is 9.47 Å². The van der Waals surface area contributed by atoms with Crippen LogP contribution in [0.15, 0.2) is 24.4 Å². The van der Waals surface area contributed by atoms with Gasteiger partial charge in [-0.2, -0.15) is 4.98 Å². The van der Waals surface area contributed by atoms with Gasteiger partial charge in [0.25, 0.3) is 0 Å². The van der Waals surface area contributed by atoms with Crippen LogP contribution in [-0.2, 0) is 11.3 Å². The fourth-order valence-corrected chi connectivity index (χ4v) is 4.17. The summed E-state index contributed by atoms with van der Waals surface area (Å²) in [4.78, 5) is 11.8. The summed E-state index contributed by atoms with van der Waals surface area (Å²) in [5.74, 6) is 4.05. The summed E-state index contributed by atoms with van der Waals surface area (Å²) in [7, 11) is 1.67. The van der Waals surface area contributed by atoms with Gasteiger partial charge in [0.1, 0.15) is 17.3 Å². The van der Waals surface area contributed by atoms with Gasteiger partial charge < -0.3 is 19.7 Å². The van der Waals surface area contributed by atoms with E-state index in [0.717, 1.165) is 66.2 Å². The van der Waals surface area contributed by atoms with E-state index >= 15 is 0 Å². The number of anilines is 3. The summed E-state index contributed by atoms with van der Waals surface area (Å²) in [6.45, 7) is 6.20. The van der Waals surface area contributed by atoms with Crippen molar-refractivity contribution >= 4 is 17.5 Å². The van der Waals surface area contributed by atoms with Crippen molar-refractivity contribution in [1.29, 1.82) is 0 Å². The fraction of sp³-hybridized carbons (Fsp3) is 0.429. The first-order valence-electron chi connectivity index (χ1n) is 10.2. The second-order valence-electron chi connectivity index (χ2n) is 7.68. The topological polar surface area (TPSA) is 90.2 Å². The normalized spacial score (nSPS) is 16.2. The highest BCUT2D eigenvalue weighted by Crippen LogP contribution is 2.35. The minimum Gasteiger partial charge on any atom is -0.497 e. The largest absolute Gasteiger partial charge is 0.497 e. The van der Waals surface area contributed by atoms with Crippen molar-refractivity contribution in [1.82, 2.24) is 24.7 Å². The highest BCUT2D eigenvalue weighted by atomic mass is 16.5. The number of nitrogens with one attached hydrogen (secondary N) is 1. The van der Waals surface area contributed by atoms with Gasteiger partial charge in [-0.05, 0) is 50.5 Å². The van der Waals surface area contributed by atoms with E-state index in [1.54, 1.807) is 7.11 Å². The lowest BCUT2D eigenvalue weighted by Gasteiger charge is -2.38. The van der Waals surface area contributed by atoms with Crippen LogP contribution in [0.3, 0.4) is 0 Å². The Kier molecular flexibility index (Phi) is 4.74. The lowest BCUT2D eigenvalue weighted by atomic mass is 10.1. The zero-order valence-electron chi connectivity index (χ0n) is 17.4. The van der Waals surface area contributed by atoms with E-state index in [2.05, 4.69) is 25.4 Å². The molecule has 30 heavy (non-hydrogen) atoms. The number of aromatic nitrogens is 5. The summed E-state index contributed by atoms with van der Waals surface area (Å²) < 4.78 is 12.9. The van der Waals surface area contributed by atoms with E-state index < -0.39 is 0 Å². The number of hydrogen-bond donors (Lipinski definition) is 1. The van der Waals surface area contributed by atoms with Crippen molar-refractivity contribution in [2.24, 2.45) is 0 Å². The number of ether oxygens (including phenoxy) is 2. The zero-order chi connectivity index (χ0) is 20.7. The molecule has 1 aromatic carbocycles. The maximum absolute atomic E-state index is 5.57. The molecule has 5 rings (SSSR count). The molecule has 2 aliphatic rings. The lowest BCUT2D eigenvalue weighted by Crippen LogP contribution is -2.42. The summed E-state index contributed by atoms with van der Waals surface area (Å²) in [5, 5.41) is 12.0. The third-order valence-electron chi connectivity index (χ3n) is 5.78. The average Bonchev–Trinajstić information content (AvgIpc) is 3.16. The second-order valence-corrected chi connectivity index (χ2v) is 7.68. The quantitative estimate of drug-likeness (QED) is 0.706. The Balaban J connectivity index is 1.53. The highest BCUT2D eigenvalue weighted by molar-refractivity contribution is 5.66. The number of nitrogens with zero attached hydrogens (tertiary/aromatic N) is 6. The standard InChI is InChI=1S/C21H25N7O2/c1-13-10-16(29-3)4-5-17(13)23-21-22-11-18-20(24-21)27(15-6-8-30-9-7-15)12-19-26-25-14(2)28(18)19/h4-5,10-11,15H,6-9,12H2,1-3H3,(H,22,23,24). The molecule has 0 amide bonds. The van der Waals surface area contributed by atoms with E-state index in [-0.39, 0.29) is 0 Å². The van der Waals surface area contributed by atoms with Crippen LogP contribution < -0.4 is 15.0 Å². The molecule has 0 radical (unpaired) electrons. The van der Waals surface area contributed by atoms with Crippen LogP contribution in [0.4, 0.5) is 17.5 Å². The van der Waals surface area contributed by atoms with E-state index in [4.69, 9.17) is 14.5 Å².